The standard InChI is InChI=1S/C17H20N6S.HI/c1-18-17(21-10-16-6-3-7-24-16)20-9-14-4-2-5-15(8-14)11-23-13-19-12-22-23;/h2-8,12-13H,9-11H2,1H3,(H2,18,20,21);1H. The average molecular weight is 468 g/mol. The van der Waals surface area contributed by atoms with Crippen molar-refractivity contribution in [3.8, 4) is 0 Å². The minimum atomic E-state index is 0. The van der Waals surface area contributed by atoms with Gasteiger partial charge in [-0.05, 0) is 22.6 Å². The van der Waals surface area contributed by atoms with Crippen molar-refractivity contribution in [2.24, 2.45) is 4.99 Å². The second kappa shape index (κ2) is 10.1. The van der Waals surface area contributed by atoms with E-state index in [0.717, 1.165) is 25.6 Å². The lowest BCUT2D eigenvalue weighted by atomic mass is 10.1. The van der Waals surface area contributed by atoms with Gasteiger partial charge in [0, 0.05) is 18.5 Å². The zero-order valence-electron chi connectivity index (χ0n) is 13.9. The van der Waals surface area contributed by atoms with Crippen molar-refractivity contribution < 1.29 is 0 Å². The van der Waals surface area contributed by atoms with Crippen LogP contribution in [0.5, 0.6) is 0 Å². The summed E-state index contributed by atoms with van der Waals surface area (Å²) in [5.74, 6) is 0.796. The molecule has 3 aromatic rings. The molecule has 3 rings (SSSR count). The van der Waals surface area contributed by atoms with Crippen molar-refractivity contribution in [1.82, 2.24) is 25.4 Å². The van der Waals surface area contributed by atoms with Crippen molar-refractivity contribution in [3.05, 3.63) is 70.4 Å². The monoisotopic (exact) mass is 468 g/mol. The molecule has 1 aromatic carbocycles. The Morgan fingerprint density at radius 2 is 2.00 bits per heavy atom. The van der Waals surface area contributed by atoms with Gasteiger partial charge in [-0.1, -0.05) is 30.3 Å². The third-order valence-electron chi connectivity index (χ3n) is 3.50. The maximum Gasteiger partial charge on any atom is 0.191 e. The third kappa shape index (κ3) is 6.13. The Morgan fingerprint density at radius 3 is 2.72 bits per heavy atom. The molecule has 2 N–H and O–H groups in total. The van der Waals surface area contributed by atoms with Crippen LogP contribution < -0.4 is 10.6 Å². The van der Waals surface area contributed by atoms with E-state index >= 15 is 0 Å². The van der Waals surface area contributed by atoms with E-state index in [9.17, 15) is 0 Å². The molecule has 132 valence electrons. The molecule has 0 aliphatic heterocycles. The van der Waals surface area contributed by atoms with Crippen LogP contribution in [0, 0.1) is 0 Å². The first-order valence-corrected chi connectivity index (χ1v) is 8.58. The lowest BCUT2D eigenvalue weighted by Crippen LogP contribution is -2.36. The van der Waals surface area contributed by atoms with Crippen LogP contribution >= 0.6 is 35.3 Å². The summed E-state index contributed by atoms with van der Waals surface area (Å²) >= 11 is 1.73. The highest BCUT2D eigenvalue weighted by Crippen LogP contribution is 2.08. The Morgan fingerprint density at radius 1 is 1.16 bits per heavy atom. The molecule has 0 aliphatic rings. The largest absolute Gasteiger partial charge is 0.352 e. The predicted molar refractivity (Wildman–Crippen MR) is 112 cm³/mol. The fourth-order valence-electron chi connectivity index (χ4n) is 2.33. The molecule has 0 atom stereocenters. The first kappa shape index (κ1) is 19.4. The summed E-state index contributed by atoms with van der Waals surface area (Å²) in [5.41, 5.74) is 2.40. The highest BCUT2D eigenvalue weighted by Gasteiger charge is 2.01. The van der Waals surface area contributed by atoms with Gasteiger partial charge in [0.15, 0.2) is 5.96 Å². The Kier molecular flexibility index (Phi) is 7.86. The van der Waals surface area contributed by atoms with E-state index in [1.54, 1.807) is 31.0 Å². The summed E-state index contributed by atoms with van der Waals surface area (Å²) in [6.07, 6.45) is 3.27. The van der Waals surface area contributed by atoms with Crippen molar-refractivity contribution in [2.75, 3.05) is 7.05 Å². The summed E-state index contributed by atoms with van der Waals surface area (Å²) in [5, 5.41) is 12.9. The molecule has 0 amide bonds. The number of aromatic nitrogens is 3. The zero-order valence-corrected chi connectivity index (χ0v) is 17.1. The van der Waals surface area contributed by atoms with E-state index in [4.69, 9.17) is 0 Å². The molecular weight excluding hydrogens is 447 g/mol. The van der Waals surface area contributed by atoms with Gasteiger partial charge in [-0.25, -0.2) is 9.67 Å². The van der Waals surface area contributed by atoms with E-state index in [-0.39, 0.29) is 24.0 Å². The van der Waals surface area contributed by atoms with Crippen LogP contribution in [-0.2, 0) is 19.6 Å². The molecule has 0 saturated heterocycles. The summed E-state index contributed by atoms with van der Waals surface area (Å²) in [6, 6.07) is 12.6. The van der Waals surface area contributed by atoms with Crippen LogP contribution in [0.3, 0.4) is 0 Å². The van der Waals surface area contributed by atoms with Gasteiger partial charge in [-0.3, -0.25) is 4.99 Å². The Balaban J connectivity index is 0.00000225. The van der Waals surface area contributed by atoms with Crippen LogP contribution in [0.2, 0.25) is 0 Å². The summed E-state index contributed by atoms with van der Waals surface area (Å²) in [7, 11) is 1.78. The molecule has 0 radical (unpaired) electrons. The van der Waals surface area contributed by atoms with Gasteiger partial charge in [0.05, 0.1) is 13.1 Å². The molecule has 0 unspecified atom stereocenters. The molecule has 25 heavy (non-hydrogen) atoms. The highest BCUT2D eigenvalue weighted by molar-refractivity contribution is 14.0. The van der Waals surface area contributed by atoms with Gasteiger partial charge in [0.25, 0.3) is 0 Å². The van der Waals surface area contributed by atoms with Gasteiger partial charge in [-0.15, -0.1) is 35.3 Å². The first-order valence-electron chi connectivity index (χ1n) is 7.70. The minimum absolute atomic E-state index is 0. The number of aliphatic imine (C=N–C) groups is 1. The second-order valence-corrected chi connectivity index (χ2v) is 6.30. The molecule has 0 aliphatic carbocycles. The lowest BCUT2D eigenvalue weighted by Gasteiger charge is -2.12. The van der Waals surface area contributed by atoms with Gasteiger partial charge in [0.2, 0.25) is 0 Å². The molecule has 0 saturated carbocycles. The van der Waals surface area contributed by atoms with Crippen LogP contribution in [-0.4, -0.2) is 27.8 Å². The van der Waals surface area contributed by atoms with Crippen molar-refractivity contribution >= 4 is 41.3 Å². The molecule has 8 heteroatoms. The maximum atomic E-state index is 4.26. The number of rotatable bonds is 6. The first-order chi connectivity index (χ1) is 11.8. The second-order valence-electron chi connectivity index (χ2n) is 5.27. The summed E-state index contributed by atoms with van der Waals surface area (Å²) in [6.45, 7) is 2.22. The number of benzene rings is 1. The normalized spacial score (nSPS) is 11.0. The summed E-state index contributed by atoms with van der Waals surface area (Å²) in [4.78, 5) is 9.52. The Labute approximate surface area is 168 Å². The molecule has 2 aromatic heterocycles. The van der Waals surface area contributed by atoms with Crippen LogP contribution in [0.25, 0.3) is 0 Å². The quantitative estimate of drug-likeness (QED) is 0.332. The van der Waals surface area contributed by atoms with E-state index in [1.807, 2.05) is 4.68 Å². The Hall–Kier alpha value is -1.94. The minimum Gasteiger partial charge on any atom is -0.352 e. The van der Waals surface area contributed by atoms with Crippen molar-refractivity contribution in [2.45, 2.75) is 19.6 Å². The Bertz CT molecular complexity index is 770. The number of hydrogen-bond donors (Lipinski definition) is 2. The van der Waals surface area contributed by atoms with Gasteiger partial charge < -0.3 is 10.6 Å². The van der Waals surface area contributed by atoms with Gasteiger partial charge in [0.1, 0.15) is 12.7 Å². The molecule has 0 fully saturated rings. The van der Waals surface area contributed by atoms with Gasteiger partial charge >= 0.3 is 0 Å². The van der Waals surface area contributed by atoms with Crippen molar-refractivity contribution in [1.29, 1.82) is 0 Å². The lowest BCUT2D eigenvalue weighted by molar-refractivity contribution is 0.683. The molecule has 0 bridgehead atoms. The number of nitrogens with one attached hydrogen (secondary N) is 2. The number of hydrogen-bond acceptors (Lipinski definition) is 4. The fourth-order valence-corrected chi connectivity index (χ4v) is 2.97. The van der Waals surface area contributed by atoms with E-state index in [2.05, 4.69) is 67.5 Å². The third-order valence-corrected chi connectivity index (χ3v) is 4.37. The van der Waals surface area contributed by atoms with Crippen molar-refractivity contribution in [3.63, 3.8) is 0 Å². The number of nitrogens with zero attached hydrogens (tertiary/aromatic N) is 4. The summed E-state index contributed by atoms with van der Waals surface area (Å²) < 4.78 is 1.81. The van der Waals surface area contributed by atoms with E-state index in [0.29, 0.717) is 0 Å². The SMILES string of the molecule is CN=C(NCc1cccc(Cn2cncn2)c1)NCc1cccs1.I. The number of guanidine groups is 1. The molecule has 0 spiro atoms. The smallest absolute Gasteiger partial charge is 0.191 e. The average Bonchev–Trinajstić information content (AvgIpc) is 3.29. The fraction of sp³-hybridized carbons (Fsp3) is 0.235. The van der Waals surface area contributed by atoms with Gasteiger partial charge in [-0.2, -0.15) is 5.10 Å². The van der Waals surface area contributed by atoms with E-state index < -0.39 is 0 Å². The van der Waals surface area contributed by atoms with Crippen LogP contribution in [0.4, 0.5) is 0 Å². The van der Waals surface area contributed by atoms with Crippen LogP contribution in [0.1, 0.15) is 16.0 Å². The maximum absolute atomic E-state index is 4.26. The predicted octanol–water partition coefficient (Wildman–Crippen LogP) is 2.87. The van der Waals surface area contributed by atoms with Crippen LogP contribution in [0.15, 0.2) is 59.4 Å². The topological polar surface area (TPSA) is 67.1 Å². The number of halogens is 1. The molecule has 6 nitrogen and oxygen atoms in total. The molecular formula is C17H21IN6S. The molecule has 2 heterocycles. The number of thiophene rings is 1. The zero-order chi connectivity index (χ0) is 16.6. The van der Waals surface area contributed by atoms with E-state index in [1.165, 1.54) is 16.0 Å². The highest BCUT2D eigenvalue weighted by atomic mass is 127.